The standard InChI is InChI=1S/C24H40N2O4S/c1-17(2)8-6-9-18(3)10-7-11-19(4)12-13-31-16-21(22(27)15-25)26-23(28)14-20(5)24(29)30/h8,10,12,20-21H,6-7,9,11,13-16,25H2,1-5H3,(H,26,28)(H,29,30)/b18-10+,19-12+/t20-,21-/m0/s1. The molecular formula is C24H40N2O4S. The molecule has 0 saturated carbocycles. The number of nitrogens with one attached hydrogen (secondary N) is 1. The van der Waals surface area contributed by atoms with E-state index in [2.05, 4.69) is 51.2 Å². The number of carboxylic acids is 1. The maximum absolute atomic E-state index is 12.0. The van der Waals surface area contributed by atoms with E-state index in [-0.39, 0.29) is 18.7 Å². The largest absolute Gasteiger partial charge is 0.481 e. The van der Waals surface area contributed by atoms with E-state index >= 15 is 0 Å². The Labute approximate surface area is 191 Å². The zero-order valence-electron chi connectivity index (χ0n) is 19.7. The molecule has 0 aliphatic rings. The summed E-state index contributed by atoms with van der Waals surface area (Å²) in [5.41, 5.74) is 9.51. The molecule has 176 valence electrons. The van der Waals surface area contributed by atoms with Crippen molar-refractivity contribution in [2.45, 2.75) is 72.8 Å². The molecule has 0 heterocycles. The lowest BCUT2D eigenvalue weighted by Gasteiger charge is -2.17. The summed E-state index contributed by atoms with van der Waals surface area (Å²) in [7, 11) is 0. The second-order valence-electron chi connectivity index (χ2n) is 8.23. The summed E-state index contributed by atoms with van der Waals surface area (Å²) in [4.78, 5) is 34.9. The molecule has 31 heavy (non-hydrogen) atoms. The maximum Gasteiger partial charge on any atom is 0.306 e. The first kappa shape index (κ1) is 29.1. The summed E-state index contributed by atoms with van der Waals surface area (Å²) in [6.07, 6.45) is 10.7. The van der Waals surface area contributed by atoms with Crippen LogP contribution in [0.4, 0.5) is 0 Å². The Morgan fingerprint density at radius 1 is 1.00 bits per heavy atom. The van der Waals surface area contributed by atoms with Gasteiger partial charge in [0.15, 0.2) is 5.78 Å². The lowest BCUT2D eigenvalue weighted by atomic mass is 10.1. The topological polar surface area (TPSA) is 109 Å². The summed E-state index contributed by atoms with van der Waals surface area (Å²) < 4.78 is 0. The molecule has 0 aliphatic carbocycles. The van der Waals surface area contributed by atoms with Gasteiger partial charge in [-0.15, -0.1) is 0 Å². The lowest BCUT2D eigenvalue weighted by molar-refractivity contribution is -0.143. The summed E-state index contributed by atoms with van der Waals surface area (Å²) in [5, 5.41) is 11.5. The Hall–Kier alpha value is -1.86. The van der Waals surface area contributed by atoms with Crippen LogP contribution in [0.5, 0.6) is 0 Å². The van der Waals surface area contributed by atoms with E-state index in [1.54, 1.807) is 11.8 Å². The first-order valence-electron chi connectivity index (χ1n) is 10.8. The van der Waals surface area contributed by atoms with Crippen molar-refractivity contribution in [2.75, 3.05) is 18.1 Å². The number of rotatable bonds is 16. The highest BCUT2D eigenvalue weighted by Gasteiger charge is 2.22. The van der Waals surface area contributed by atoms with E-state index < -0.39 is 23.8 Å². The fourth-order valence-corrected chi connectivity index (χ4v) is 3.75. The number of amides is 1. The molecule has 0 spiro atoms. The quantitative estimate of drug-likeness (QED) is 0.238. The second-order valence-corrected chi connectivity index (χ2v) is 9.31. The number of thioether (sulfide) groups is 1. The van der Waals surface area contributed by atoms with Crippen LogP contribution in [0.15, 0.2) is 34.9 Å². The Balaban J connectivity index is 4.40. The van der Waals surface area contributed by atoms with Crippen molar-refractivity contribution in [3.63, 3.8) is 0 Å². The van der Waals surface area contributed by atoms with Gasteiger partial charge in [-0.05, 0) is 53.4 Å². The van der Waals surface area contributed by atoms with Crippen molar-refractivity contribution in [2.24, 2.45) is 11.7 Å². The average Bonchev–Trinajstić information content (AvgIpc) is 2.69. The molecule has 6 nitrogen and oxygen atoms in total. The van der Waals surface area contributed by atoms with E-state index in [4.69, 9.17) is 10.8 Å². The molecule has 0 aliphatic heterocycles. The predicted molar refractivity (Wildman–Crippen MR) is 130 cm³/mol. The average molecular weight is 453 g/mol. The number of carbonyl (C=O) groups excluding carboxylic acids is 2. The SMILES string of the molecule is CC(C)=CCC/C(C)=C/CC/C(C)=C/CSC[C@H](NC(=O)C[C@H](C)C(=O)O)C(=O)CN. The van der Waals surface area contributed by atoms with Crippen LogP contribution in [-0.2, 0) is 14.4 Å². The van der Waals surface area contributed by atoms with E-state index in [1.165, 1.54) is 23.6 Å². The first-order valence-corrected chi connectivity index (χ1v) is 12.0. The van der Waals surface area contributed by atoms with Gasteiger partial charge in [0, 0.05) is 17.9 Å². The van der Waals surface area contributed by atoms with Gasteiger partial charge in [0.05, 0.1) is 18.5 Å². The van der Waals surface area contributed by atoms with Crippen molar-refractivity contribution < 1.29 is 19.5 Å². The summed E-state index contributed by atoms with van der Waals surface area (Å²) >= 11 is 1.55. The molecule has 0 fully saturated rings. The van der Waals surface area contributed by atoms with E-state index in [0.717, 1.165) is 31.4 Å². The molecule has 0 rings (SSSR count). The molecular weight excluding hydrogens is 412 g/mol. The molecule has 0 bridgehead atoms. The third kappa shape index (κ3) is 15.6. The molecule has 1 amide bonds. The Morgan fingerprint density at radius 2 is 1.58 bits per heavy atom. The number of nitrogens with two attached hydrogens (primary N) is 1. The minimum Gasteiger partial charge on any atom is -0.481 e. The monoisotopic (exact) mass is 452 g/mol. The number of Topliss-reactive ketones (excluding diaryl/α,β-unsaturated/α-hetero) is 1. The molecule has 0 radical (unpaired) electrons. The van der Waals surface area contributed by atoms with Crippen molar-refractivity contribution >= 4 is 29.4 Å². The van der Waals surface area contributed by atoms with Crippen LogP contribution in [0.1, 0.15) is 66.7 Å². The van der Waals surface area contributed by atoms with E-state index in [0.29, 0.717) is 5.75 Å². The van der Waals surface area contributed by atoms with Crippen LogP contribution in [0.25, 0.3) is 0 Å². The molecule has 0 aromatic carbocycles. The van der Waals surface area contributed by atoms with Gasteiger partial charge in [0.25, 0.3) is 0 Å². The molecule has 4 N–H and O–H groups in total. The van der Waals surface area contributed by atoms with Crippen molar-refractivity contribution in [1.82, 2.24) is 5.32 Å². The van der Waals surface area contributed by atoms with Crippen LogP contribution in [0, 0.1) is 5.92 Å². The summed E-state index contributed by atoms with van der Waals surface area (Å²) in [6, 6.07) is -0.691. The smallest absolute Gasteiger partial charge is 0.306 e. The molecule has 0 unspecified atom stereocenters. The van der Waals surface area contributed by atoms with Gasteiger partial charge in [-0.25, -0.2) is 0 Å². The zero-order chi connectivity index (χ0) is 23.8. The highest BCUT2D eigenvalue weighted by Crippen LogP contribution is 2.13. The minimum atomic E-state index is -1.04. The maximum atomic E-state index is 12.0. The highest BCUT2D eigenvalue weighted by molar-refractivity contribution is 7.99. The van der Waals surface area contributed by atoms with Crippen molar-refractivity contribution in [3.05, 3.63) is 34.9 Å². The summed E-state index contributed by atoms with van der Waals surface area (Å²) in [5.74, 6) is -1.37. The van der Waals surface area contributed by atoms with Crippen molar-refractivity contribution in [3.8, 4) is 0 Å². The Morgan fingerprint density at radius 3 is 2.13 bits per heavy atom. The van der Waals surface area contributed by atoms with Crippen LogP contribution < -0.4 is 11.1 Å². The van der Waals surface area contributed by atoms with Gasteiger partial charge in [-0.3, -0.25) is 14.4 Å². The number of hydrogen-bond donors (Lipinski definition) is 3. The third-order valence-corrected chi connectivity index (χ3v) is 5.77. The number of carboxylic acid groups (broad SMARTS) is 1. The lowest BCUT2D eigenvalue weighted by Crippen LogP contribution is -2.45. The number of hydrogen-bond acceptors (Lipinski definition) is 5. The van der Waals surface area contributed by atoms with Gasteiger partial charge in [-0.1, -0.05) is 41.9 Å². The minimum absolute atomic E-state index is 0.158. The molecule has 0 aromatic heterocycles. The fraction of sp³-hybridized carbons (Fsp3) is 0.625. The third-order valence-electron chi connectivity index (χ3n) is 4.80. The second kappa shape index (κ2) is 16.8. The first-order chi connectivity index (χ1) is 14.6. The van der Waals surface area contributed by atoms with Crippen molar-refractivity contribution in [1.29, 1.82) is 0 Å². The van der Waals surface area contributed by atoms with Gasteiger partial charge < -0.3 is 16.2 Å². The van der Waals surface area contributed by atoms with Gasteiger partial charge in [-0.2, -0.15) is 11.8 Å². The van der Waals surface area contributed by atoms with Crippen LogP contribution in [0.3, 0.4) is 0 Å². The molecule has 0 aromatic rings. The number of carbonyl (C=O) groups is 3. The molecule has 2 atom stereocenters. The van der Waals surface area contributed by atoms with Gasteiger partial charge in [0.1, 0.15) is 0 Å². The van der Waals surface area contributed by atoms with E-state index in [9.17, 15) is 14.4 Å². The molecule has 7 heteroatoms. The zero-order valence-corrected chi connectivity index (χ0v) is 20.5. The fourth-order valence-electron chi connectivity index (χ4n) is 2.70. The molecule has 0 saturated heterocycles. The predicted octanol–water partition coefficient (Wildman–Crippen LogP) is 4.26. The number of aliphatic carboxylic acids is 1. The van der Waals surface area contributed by atoms with Crippen LogP contribution >= 0.6 is 11.8 Å². The highest BCUT2D eigenvalue weighted by atomic mass is 32.2. The number of ketones is 1. The van der Waals surface area contributed by atoms with E-state index in [1.807, 2.05) is 0 Å². The van der Waals surface area contributed by atoms with Gasteiger partial charge >= 0.3 is 5.97 Å². The Bertz CT molecular complexity index is 679. The number of allylic oxidation sites excluding steroid dienone is 5. The van der Waals surface area contributed by atoms with Crippen LogP contribution in [-0.4, -0.2) is 46.9 Å². The van der Waals surface area contributed by atoms with Gasteiger partial charge in [0.2, 0.25) is 5.91 Å². The summed E-state index contributed by atoms with van der Waals surface area (Å²) in [6.45, 7) is 9.82. The normalized spacial score (nSPS) is 14.0. The Kier molecular flexibility index (Phi) is 15.8. The van der Waals surface area contributed by atoms with Crippen LogP contribution in [0.2, 0.25) is 0 Å².